The van der Waals surface area contributed by atoms with Crippen LogP contribution in [0.3, 0.4) is 0 Å². The minimum Gasteiger partial charge on any atom is -0.349 e. The molecule has 1 aliphatic heterocycles. The minimum absolute atomic E-state index is 0.183. The van der Waals surface area contributed by atoms with Gasteiger partial charge in [-0.15, -0.1) is 0 Å². The van der Waals surface area contributed by atoms with Crippen LogP contribution in [0.15, 0.2) is 103 Å². The van der Waals surface area contributed by atoms with Gasteiger partial charge >= 0.3 is 0 Å². The third kappa shape index (κ3) is 3.82. The molecule has 1 spiro atoms. The van der Waals surface area contributed by atoms with Crippen molar-refractivity contribution in [3.8, 4) is 0 Å². The quantitative estimate of drug-likeness (QED) is 0.387. The smallest absolute Gasteiger partial charge is 0.290 e. The first-order valence-electron chi connectivity index (χ1n) is 12.7. The van der Waals surface area contributed by atoms with Gasteiger partial charge in [0.25, 0.3) is 5.91 Å². The number of hydrogen-bond acceptors (Lipinski definition) is 3. The number of hydrogen-bond donors (Lipinski definition) is 1. The van der Waals surface area contributed by atoms with Crippen LogP contribution >= 0.6 is 0 Å². The maximum absolute atomic E-state index is 13.8. The van der Waals surface area contributed by atoms with Gasteiger partial charge in [0.1, 0.15) is 0 Å². The third-order valence-electron chi connectivity index (χ3n) is 8.01. The third-order valence-corrected chi connectivity index (χ3v) is 8.01. The number of nitrogens with one attached hydrogen (secondary N) is 1. The molecule has 4 atom stereocenters. The van der Waals surface area contributed by atoms with Crippen LogP contribution in [0.4, 0.5) is 0 Å². The van der Waals surface area contributed by atoms with E-state index in [1.54, 1.807) is 4.90 Å². The highest BCUT2D eigenvalue weighted by molar-refractivity contribution is 6.42. The summed E-state index contributed by atoms with van der Waals surface area (Å²) < 4.78 is 0. The number of carbonyl (C=O) groups excluding carboxylic acids is 3. The molecule has 1 saturated heterocycles. The molecule has 2 aliphatic rings. The molecular weight excluding hydrogens is 460 g/mol. The summed E-state index contributed by atoms with van der Waals surface area (Å²) in [5.74, 6) is -2.10. The van der Waals surface area contributed by atoms with Gasteiger partial charge in [0.15, 0.2) is 0 Å². The van der Waals surface area contributed by atoms with E-state index in [4.69, 9.17) is 0 Å². The summed E-state index contributed by atoms with van der Waals surface area (Å²) in [5.41, 5.74) is 1.85. The van der Waals surface area contributed by atoms with Gasteiger partial charge in [-0.1, -0.05) is 103 Å². The van der Waals surface area contributed by atoms with Crippen LogP contribution < -0.4 is 5.32 Å². The van der Waals surface area contributed by atoms with Gasteiger partial charge < -0.3 is 10.2 Å². The molecule has 2 amide bonds. The predicted molar refractivity (Wildman–Crippen MR) is 142 cm³/mol. The van der Waals surface area contributed by atoms with Crippen molar-refractivity contribution in [3.63, 3.8) is 0 Å². The average molecular weight is 489 g/mol. The normalized spacial score (nSPS) is 23.4. The number of amides is 2. The topological polar surface area (TPSA) is 66.5 Å². The summed E-state index contributed by atoms with van der Waals surface area (Å²) >= 11 is 0. The first-order valence-corrected chi connectivity index (χ1v) is 12.7. The van der Waals surface area contributed by atoms with Gasteiger partial charge in [-0.05, 0) is 34.4 Å². The highest BCUT2D eigenvalue weighted by Crippen LogP contribution is 2.68. The largest absolute Gasteiger partial charge is 0.349 e. The van der Waals surface area contributed by atoms with E-state index in [0.717, 1.165) is 27.5 Å². The molecule has 1 saturated carbocycles. The van der Waals surface area contributed by atoms with Crippen LogP contribution in [0.25, 0.3) is 10.8 Å². The van der Waals surface area contributed by atoms with E-state index in [2.05, 4.69) is 5.32 Å². The molecule has 37 heavy (non-hydrogen) atoms. The summed E-state index contributed by atoms with van der Waals surface area (Å²) in [6.07, 6.45) is 0. The molecule has 0 radical (unpaired) electrons. The van der Waals surface area contributed by atoms with E-state index in [1.165, 1.54) is 0 Å². The van der Waals surface area contributed by atoms with E-state index in [9.17, 15) is 14.4 Å². The molecule has 0 aromatic heterocycles. The molecule has 0 unspecified atom stereocenters. The molecule has 5 heteroatoms. The molecule has 1 heterocycles. The van der Waals surface area contributed by atoms with E-state index < -0.39 is 23.0 Å². The summed E-state index contributed by atoms with van der Waals surface area (Å²) in [4.78, 5) is 42.4. The Labute approximate surface area is 216 Å². The molecule has 4 aromatic carbocycles. The highest BCUT2D eigenvalue weighted by Gasteiger charge is 2.77. The van der Waals surface area contributed by atoms with Gasteiger partial charge in [0, 0.05) is 19.0 Å². The zero-order chi connectivity index (χ0) is 25.6. The lowest BCUT2D eigenvalue weighted by Crippen LogP contribution is -2.32. The minimum atomic E-state index is -1.06. The summed E-state index contributed by atoms with van der Waals surface area (Å²) in [6.45, 7) is 2.54. The fraction of sp³-hybridized carbons (Fsp3) is 0.219. The molecule has 4 aromatic rings. The lowest BCUT2D eigenvalue weighted by molar-refractivity contribution is -0.141. The molecule has 6 rings (SSSR count). The summed E-state index contributed by atoms with van der Waals surface area (Å²) in [6, 6.07) is 33.2. The number of likely N-dealkylation sites (tertiary alicyclic amines) is 1. The Hall–Kier alpha value is -4.25. The van der Waals surface area contributed by atoms with Crippen LogP contribution in [0, 0.1) is 11.3 Å². The second-order valence-electron chi connectivity index (χ2n) is 10.2. The van der Waals surface area contributed by atoms with Crippen LogP contribution in [-0.4, -0.2) is 29.0 Å². The van der Waals surface area contributed by atoms with Gasteiger partial charge in [-0.3, -0.25) is 14.4 Å². The van der Waals surface area contributed by atoms with E-state index in [-0.39, 0.29) is 24.4 Å². The zero-order valence-corrected chi connectivity index (χ0v) is 20.6. The van der Waals surface area contributed by atoms with E-state index in [0.29, 0.717) is 6.54 Å². The predicted octanol–water partition coefficient (Wildman–Crippen LogP) is 5.03. The Kier molecular flexibility index (Phi) is 5.64. The molecular formula is C32H28N2O3. The SMILES string of the molecule is C[C@H](NC(=O)[C@H]1[C@H](c2cccc3ccccc23)[C@@]12CN(Cc1ccccc1)C(=O)C2=O)c1ccccc1. The summed E-state index contributed by atoms with van der Waals surface area (Å²) in [5, 5.41) is 5.20. The number of benzene rings is 4. The van der Waals surface area contributed by atoms with Crippen LogP contribution in [0.2, 0.25) is 0 Å². The number of rotatable bonds is 6. The van der Waals surface area contributed by atoms with Crippen LogP contribution in [0.5, 0.6) is 0 Å². The average Bonchev–Trinajstić information content (AvgIpc) is 3.54. The fourth-order valence-electron chi connectivity index (χ4n) is 6.14. The second kappa shape index (κ2) is 9.00. The van der Waals surface area contributed by atoms with Crippen molar-refractivity contribution in [1.29, 1.82) is 0 Å². The molecule has 1 aliphatic carbocycles. The van der Waals surface area contributed by atoms with Gasteiger partial charge in [0.2, 0.25) is 11.7 Å². The van der Waals surface area contributed by atoms with E-state index >= 15 is 0 Å². The number of fused-ring (bicyclic) bond motifs is 1. The first kappa shape index (κ1) is 23.2. The van der Waals surface area contributed by atoms with Crippen molar-refractivity contribution < 1.29 is 14.4 Å². The Morgan fingerprint density at radius 3 is 2.30 bits per heavy atom. The monoisotopic (exact) mass is 488 g/mol. The van der Waals surface area contributed by atoms with Crippen molar-refractivity contribution >= 4 is 28.4 Å². The first-order chi connectivity index (χ1) is 18.0. The zero-order valence-electron chi connectivity index (χ0n) is 20.6. The highest BCUT2D eigenvalue weighted by atomic mass is 16.2. The molecule has 5 nitrogen and oxygen atoms in total. The lowest BCUT2D eigenvalue weighted by atomic mass is 9.93. The summed E-state index contributed by atoms with van der Waals surface area (Å²) in [7, 11) is 0. The Balaban J connectivity index is 1.37. The lowest BCUT2D eigenvalue weighted by Gasteiger charge is -2.17. The number of ketones is 1. The van der Waals surface area contributed by atoms with Gasteiger partial charge in [-0.25, -0.2) is 0 Å². The molecule has 1 N–H and O–H groups in total. The fourth-order valence-corrected chi connectivity index (χ4v) is 6.14. The Bertz CT molecular complexity index is 1500. The molecule has 184 valence electrons. The van der Waals surface area contributed by atoms with Gasteiger partial charge in [0.05, 0.1) is 17.4 Å². The van der Waals surface area contributed by atoms with Crippen molar-refractivity contribution in [1.82, 2.24) is 10.2 Å². The maximum Gasteiger partial charge on any atom is 0.290 e. The Morgan fingerprint density at radius 2 is 1.54 bits per heavy atom. The van der Waals surface area contributed by atoms with Crippen molar-refractivity contribution in [2.75, 3.05) is 6.54 Å². The number of Topliss-reactive ketones (excluding diaryl/α,β-unsaturated/α-hetero) is 1. The van der Waals surface area contributed by atoms with Gasteiger partial charge in [-0.2, -0.15) is 0 Å². The van der Waals surface area contributed by atoms with Crippen LogP contribution in [-0.2, 0) is 20.9 Å². The maximum atomic E-state index is 13.8. The van der Waals surface area contributed by atoms with E-state index in [1.807, 2.05) is 110 Å². The standard InChI is InChI=1S/C32H28N2O3/c1-21(23-13-6-3-7-14-23)33-30(36)28-27(26-18-10-16-24-15-8-9-17-25(24)26)32(28)20-34(31(37)29(32)35)19-22-11-4-2-5-12-22/h2-18,21,27-28H,19-20H2,1H3,(H,33,36)/t21-,27-,28+,32-/m0/s1. The van der Waals surface area contributed by atoms with Crippen molar-refractivity contribution in [2.24, 2.45) is 11.3 Å². The van der Waals surface area contributed by atoms with Crippen molar-refractivity contribution in [3.05, 3.63) is 120 Å². The molecule has 0 bridgehead atoms. The van der Waals surface area contributed by atoms with Crippen molar-refractivity contribution in [2.45, 2.75) is 25.4 Å². The Morgan fingerprint density at radius 1 is 0.892 bits per heavy atom. The second-order valence-corrected chi connectivity index (χ2v) is 10.2. The number of carbonyl (C=O) groups is 3. The van der Waals surface area contributed by atoms with Crippen LogP contribution in [0.1, 0.15) is 35.6 Å². The molecule has 2 fully saturated rings. The number of nitrogens with zero attached hydrogens (tertiary/aromatic N) is 1.